The third-order valence-corrected chi connectivity index (χ3v) is 4.67. The highest BCUT2D eigenvalue weighted by Gasteiger charge is 2.33. The van der Waals surface area contributed by atoms with Gasteiger partial charge in [0, 0.05) is 11.5 Å². The Morgan fingerprint density at radius 2 is 2.00 bits per heavy atom. The lowest BCUT2D eigenvalue weighted by atomic mass is 9.78. The summed E-state index contributed by atoms with van der Waals surface area (Å²) in [5.74, 6) is 1.78. The molecule has 2 aromatic rings. The molecule has 2 atom stereocenters. The van der Waals surface area contributed by atoms with E-state index in [1.54, 1.807) is 7.11 Å². The van der Waals surface area contributed by atoms with Gasteiger partial charge in [-0.1, -0.05) is 30.3 Å². The van der Waals surface area contributed by atoms with E-state index in [4.69, 9.17) is 14.2 Å². The van der Waals surface area contributed by atoms with Crippen LogP contribution in [-0.4, -0.2) is 26.3 Å². The molecule has 0 saturated heterocycles. The molecule has 0 saturated carbocycles. The Bertz CT molecular complexity index is 711. The Kier molecular flexibility index (Phi) is 5.59. The first-order chi connectivity index (χ1) is 12.2. The van der Waals surface area contributed by atoms with E-state index in [1.807, 2.05) is 43.3 Å². The molecule has 1 aliphatic rings. The minimum Gasteiger partial charge on any atom is -0.497 e. The zero-order valence-corrected chi connectivity index (χ0v) is 14.7. The van der Waals surface area contributed by atoms with Crippen molar-refractivity contribution in [1.82, 2.24) is 0 Å². The van der Waals surface area contributed by atoms with Gasteiger partial charge in [0.2, 0.25) is 0 Å². The van der Waals surface area contributed by atoms with Gasteiger partial charge in [-0.05, 0) is 43.0 Å². The number of esters is 1. The summed E-state index contributed by atoms with van der Waals surface area (Å²) in [6, 6.07) is 16.2. The Hall–Kier alpha value is -2.49. The smallest absolute Gasteiger partial charge is 0.306 e. The maximum Gasteiger partial charge on any atom is 0.306 e. The quantitative estimate of drug-likeness (QED) is 0.746. The van der Waals surface area contributed by atoms with Gasteiger partial charge in [-0.2, -0.15) is 0 Å². The number of carbonyl (C=O) groups is 1. The summed E-state index contributed by atoms with van der Waals surface area (Å²) in [6.07, 6.45) is 1.22. The van der Waals surface area contributed by atoms with Crippen molar-refractivity contribution >= 4 is 5.97 Å². The fourth-order valence-corrected chi connectivity index (χ4v) is 3.42. The molecule has 4 heteroatoms. The number of benzene rings is 2. The summed E-state index contributed by atoms with van der Waals surface area (Å²) < 4.78 is 16.5. The van der Waals surface area contributed by atoms with Gasteiger partial charge in [0.1, 0.15) is 11.5 Å². The monoisotopic (exact) mass is 340 g/mol. The van der Waals surface area contributed by atoms with Crippen LogP contribution in [0.2, 0.25) is 0 Å². The summed E-state index contributed by atoms with van der Waals surface area (Å²) in [6.45, 7) is 2.76. The van der Waals surface area contributed by atoms with Crippen LogP contribution in [0.25, 0.3) is 0 Å². The number of hydrogen-bond acceptors (Lipinski definition) is 4. The van der Waals surface area contributed by atoms with Gasteiger partial charge >= 0.3 is 5.97 Å². The summed E-state index contributed by atoms with van der Waals surface area (Å²) in [7, 11) is 1.66. The molecular weight excluding hydrogens is 316 g/mol. The van der Waals surface area contributed by atoms with Gasteiger partial charge in [0.05, 0.1) is 26.7 Å². The van der Waals surface area contributed by atoms with Crippen LogP contribution in [0.15, 0.2) is 48.5 Å². The molecule has 132 valence electrons. The van der Waals surface area contributed by atoms with Crippen molar-refractivity contribution in [2.75, 3.05) is 20.3 Å². The van der Waals surface area contributed by atoms with E-state index in [1.165, 1.54) is 5.56 Å². The maximum absolute atomic E-state index is 12.0. The van der Waals surface area contributed by atoms with E-state index in [0.29, 0.717) is 19.6 Å². The first-order valence-electron chi connectivity index (χ1n) is 8.71. The highest BCUT2D eigenvalue weighted by atomic mass is 16.5. The van der Waals surface area contributed by atoms with Crippen molar-refractivity contribution in [3.05, 3.63) is 59.7 Å². The molecular formula is C21H24O4. The van der Waals surface area contributed by atoms with Crippen molar-refractivity contribution < 1.29 is 19.0 Å². The predicted octanol–water partition coefficient (Wildman–Crippen LogP) is 3.98. The fraction of sp³-hybridized carbons (Fsp3) is 0.381. The lowest BCUT2D eigenvalue weighted by Crippen LogP contribution is -2.30. The minimum atomic E-state index is -0.166. The van der Waals surface area contributed by atoms with Crippen molar-refractivity contribution in [3.63, 3.8) is 0 Å². The number of carbonyl (C=O) groups excluding carboxylic acids is 1. The topological polar surface area (TPSA) is 44.8 Å². The minimum absolute atomic E-state index is 0.0823. The average molecular weight is 340 g/mol. The van der Waals surface area contributed by atoms with Crippen molar-refractivity contribution in [1.29, 1.82) is 0 Å². The highest BCUT2D eigenvalue weighted by molar-refractivity contribution is 5.70. The summed E-state index contributed by atoms with van der Waals surface area (Å²) in [4.78, 5) is 12.0. The number of methoxy groups -OCH3 is 1. The van der Waals surface area contributed by atoms with Crippen molar-refractivity contribution in [2.24, 2.45) is 5.92 Å². The van der Waals surface area contributed by atoms with E-state index in [0.717, 1.165) is 23.5 Å². The lowest BCUT2D eigenvalue weighted by Gasteiger charge is -2.33. The van der Waals surface area contributed by atoms with E-state index in [-0.39, 0.29) is 17.8 Å². The highest BCUT2D eigenvalue weighted by Crippen LogP contribution is 2.42. The number of rotatable bonds is 6. The average Bonchev–Trinajstić information content (AvgIpc) is 2.64. The molecule has 1 aliphatic heterocycles. The van der Waals surface area contributed by atoms with E-state index < -0.39 is 0 Å². The SMILES string of the molecule is CCOC(=O)CC1COc2ccc(OC)cc2C1Cc1ccccc1. The second kappa shape index (κ2) is 8.06. The van der Waals surface area contributed by atoms with Crippen molar-refractivity contribution in [2.45, 2.75) is 25.7 Å². The van der Waals surface area contributed by atoms with E-state index >= 15 is 0 Å². The molecule has 0 amide bonds. The molecule has 0 fully saturated rings. The standard InChI is InChI=1S/C21H24O4/c1-3-24-21(22)12-16-14-25-20-10-9-17(23-2)13-19(20)18(16)11-15-7-5-4-6-8-15/h4-10,13,16,18H,3,11-12,14H2,1-2H3. The largest absolute Gasteiger partial charge is 0.497 e. The molecule has 0 bridgehead atoms. The van der Waals surface area contributed by atoms with Gasteiger partial charge in [-0.25, -0.2) is 0 Å². The molecule has 2 aromatic carbocycles. The number of fused-ring (bicyclic) bond motifs is 1. The van der Waals surface area contributed by atoms with Crippen LogP contribution >= 0.6 is 0 Å². The first kappa shape index (κ1) is 17.3. The van der Waals surface area contributed by atoms with Crippen LogP contribution in [0.5, 0.6) is 11.5 Å². The molecule has 2 unspecified atom stereocenters. The Balaban J connectivity index is 1.91. The number of hydrogen-bond donors (Lipinski definition) is 0. The van der Waals surface area contributed by atoms with E-state index in [9.17, 15) is 4.79 Å². The van der Waals surface area contributed by atoms with Crippen LogP contribution < -0.4 is 9.47 Å². The zero-order valence-electron chi connectivity index (χ0n) is 14.7. The first-order valence-corrected chi connectivity index (χ1v) is 8.71. The molecule has 0 N–H and O–H groups in total. The van der Waals surface area contributed by atoms with Gasteiger partial charge in [0.15, 0.2) is 0 Å². The third-order valence-electron chi connectivity index (χ3n) is 4.67. The Morgan fingerprint density at radius 3 is 2.72 bits per heavy atom. The molecule has 0 spiro atoms. The lowest BCUT2D eigenvalue weighted by molar-refractivity contribution is -0.144. The van der Waals surface area contributed by atoms with Crippen LogP contribution in [0.1, 0.15) is 30.4 Å². The molecule has 0 radical (unpaired) electrons. The van der Waals surface area contributed by atoms with Gasteiger partial charge in [-0.3, -0.25) is 4.79 Å². The van der Waals surface area contributed by atoms with Crippen molar-refractivity contribution in [3.8, 4) is 11.5 Å². The molecule has 25 heavy (non-hydrogen) atoms. The van der Waals surface area contributed by atoms with Gasteiger partial charge in [0.25, 0.3) is 0 Å². The summed E-state index contributed by atoms with van der Waals surface area (Å²) >= 11 is 0. The second-order valence-corrected chi connectivity index (χ2v) is 6.28. The normalized spacial score (nSPS) is 18.8. The number of ether oxygens (including phenoxy) is 3. The summed E-state index contributed by atoms with van der Waals surface area (Å²) in [5.41, 5.74) is 2.35. The van der Waals surface area contributed by atoms with Gasteiger partial charge < -0.3 is 14.2 Å². The fourth-order valence-electron chi connectivity index (χ4n) is 3.42. The van der Waals surface area contributed by atoms with Crippen LogP contribution in [-0.2, 0) is 16.0 Å². The molecule has 0 aromatic heterocycles. The van der Waals surface area contributed by atoms with Crippen LogP contribution in [0.3, 0.4) is 0 Å². The molecule has 0 aliphatic carbocycles. The molecule has 1 heterocycles. The second-order valence-electron chi connectivity index (χ2n) is 6.28. The summed E-state index contributed by atoms with van der Waals surface area (Å²) in [5, 5.41) is 0. The van der Waals surface area contributed by atoms with E-state index in [2.05, 4.69) is 12.1 Å². The molecule has 3 rings (SSSR count). The Morgan fingerprint density at radius 1 is 1.20 bits per heavy atom. The molecule has 4 nitrogen and oxygen atoms in total. The van der Waals surface area contributed by atoms with Crippen LogP contribution in [0.4, 0.5) is 0 Å². The zero-order chi connectivity index (χ0) is 17.6. The van der Waals surface area contributed by atoms with Crippen LogP contribution in [0, 0.1) is 5.92 Å². The predicted molar refractivity (Wildman–Crippen MR) is 96.1 cm³/mol. The maximum atomic E-state index is 12.0. The van der Waals surface area contributed by atoms with Gasteiger partial charge in [-0.15, -0.1) is 0 Å². The Labute approximate surface area is 148 Å². The third kappa shape index (κ3) is 4.13.